The van der Waals surface area contributed by atoms with Gasteiger partial charge in [0.05, 0.1) is 12.8 Å². The van der Waals surface area contributed by atoms with Gasteiger partial charge in [-0.05, 0) is 33.0 Å². The Kier molecular flexibility index (Phi) is 5.64. The van der Waals surface area contributed by atoms with Crippen LogP contribution < -0.4 is 5.32 Å². The third kappa shape index (κ3) is 4.33. The van der Waals surface area contributed by atoms with E-state index >= 15 is 0 Å². The summed E-state index contributed by atoms with van der Waals surface area (Å²) in [4.78, 5) is 5.01. The number of likely N-dealkylation sites (N-methyl/N-ethyl adjacent to an activating group) is 1. The summed E-state index contributed by atoms with van der Waals surface area (Å²) in [7, 11) is 2.22. The van der Waals surface area contributed by atoms with E-state index < -0.39 is 0 Å². The Bertz CT molecular complexity index is 402. The molecule has 0 bridgehead atoms. The maximum atomic E-state index is 5.64. The maximum absolute atomic E-state index is 5.64. The van der Waals surface area contributed by atoms with E-state index in [0.717, 1.165) is 25.4 Å². The molecule has 0 saturated carbocycles. The van der Waals surface area contributed by atoms with Crippen molar-refractivity contribution >= 4 is 0 Å². The van der Waals surface area contributed by atoms with Gasteiger partial charge in [0.15, 0.2) is 0 Å². The number of hydrogen-bond donors (Lipinski definition) is 1. The summed E-state index contributed by atoms with van der Waals surface area (Å²) in [6.07, 6.45) is 3.07. The normalized spacial score (nSPS) is 22.4. The lowest BCUT2D eigenvalue weighted by atomic mass is 10.2. The molecule has 4 heteroatoms. The van der Waals surface area contributed by atoms with Crippen molar-refractivity contribution in [2.45, 2.75) is 52.4 Å². The fourth-order valence-electron chi connectivity index (χ4n) is 2.84. The van der Waals surface area contributed by atoms with E-state index in [2.05, 4.69) is 49.0 Å². The minimum absolute atomic E-state index is 0.485. The van der Waals surface area contributed by atoms with Crippen molar-refractivity contribution < 1.29 is 4.42 Å². The first-order chi connectivity index (χ1) is 9.56. The number of hydrogen-bond acceptors (Lipinski definition) is 4. The van der Waals surface area contributed by atoms with Crippen LogP contribution >= 0.6 is 0 Å². The molecule has 114 valence electrons. The van der Waals surface area contributed by atoms with Gasteiger partial charge in [0, 0.05) is 37.3 Å². The Morgan fingerprint density at radius 2 is 2.20 bits per heavy atom. The van der Waals surface area contributed by atoms with E-state index in [1.165, 1.54) is 25.1 Å². The fourth-order valence-corrected chi connectivity index (χ4v) is 2.84. The lowest BCUT2D eigenvalue weighted by Gasteiger charge is -2.27. The average molecular weight is 279 g/mol. The van der Waals surface area contributed by atoms with E-state index in [1.54, 1.807) is 0 Å². The molecule has 1 unspecified atom stereocenters. The van der Waals surface area contributed by atoms with Gasteiger partial charge < -0.3 is 14.6 Å². The van der Waals surface area contributed by atoms with Crippen molar-refractivity contribution in [3.8, 4) is 0 Å². The summed E-state index contributed by atoms with van der Waals surface area (Å²) in [5.74, 6) is 1.09. The van der Waals surface area contributed by atoms with Crippen LogP contribution in [-0.4, -0.2) is 48.6 Å². The van der Waals surface area contributed by atoms with Crippen LogP contribution in [0.25, 0.3) is 0 Å². The summed E-state index contributed by atoms with van der Waals surface area (Å²) >= 11 is 0. The maximum Gasteiger partial charge on any atom is 0.122 e. The summed E-state index contributed by atoms with van der Waals surface area (Å²) in [6, 6.07) is 3.21. The second-order valence-electron chi connectivity index (χ2n) is 6.34. The molecule has 1 saturated heterocycles. The first-order valence-electron chi connectivity index (χ1n) is 7.77. The van der Waals surface area contributed by atoms with Gasteiger partial charge in [0.2, 0.25) is 0 Å². The van der Waals surface area contributed by atoms with Crippen LogP contribution in [0.2, 0.25) is 0 Å². The van der Waals surface area contributed by atoms with Crippen LogP contribution in [0.1, 0.15) is 38.5 Å². The molecule has 0 amide bonds. The molecule has 1 aromatic heterocycles. The van der Waals surface area contributed by atoms with Crippen LogP contribution in [0.5, 0.6) is 0 Å². The average Bonchev–Trinajstić information content (AvgIpc) is 2.75. The van der Waals surface area contributed by atoms with E-state index in [9.17, 15) is 0 Å². The zero-order chi connectivity index (χ0) is 14.5. The summed E-state index contributed by atoms with van der Waals surface area (Å²) < 4.78 is 5.64. The molecule has 4 nitrogen and oxygen atoms in total. The molecular formula is C16H29N3O. The van der Waals surface area contributed by atoms with Gasteiger partial charge in [-0.3, -0.25) is 4.90 Å². The topological polar surface area (TPSA) is 31.7 Å². The summed E-state index contributed by atoms with van der Waals surface area (Å²) in [6.45, 7) is 12.0. The monoisotopic (exact) mass is 279 g/mol. The SMILES string of the molecule is CC(C)NCc1occc1CN1CCCN(C)CC1C. The zero-order valence-electron chi connectivity index (χ0n) is 13.4. The van der Waals surface area contributed by atoms with E-state index in [0.29, 0.717) is 12.1 Å². The molecule has 1 atom stereocenters. The minimum Gasteiger partial charge on any atom is -0.468 e. The summed E-state index contributed by atoms with van der Waals surface area (Å²) in [5, 5.41) is 3.44. The molecule has 1 aliphatic rings. The molecule has 0 aromatic carbocycles. The van der Waals surface area contributed by atoms with Crippen molar-refractivity contribution in [3.05, 3.63) is 23.7 Å². The largest absolute Gasteiger partial charge is 0.468 e. The van der Waals surface area contributed by atoms with E-state index in [4.69, 9.17) is 4.42 Å². The molecule has 20 heavy (non-hydrogen) atoms. The van der Waals surface area contributed by atoms with Crippen LogP contribution in [-0.2, 0) is 13.1 Å². The van der Waals surface area contributed by atoms with Crippen molar-refractivity contribution in [1.82, 2.24) is 15.1 Å². The number of rotatable bonds is 5. The Morgan fingerprint density at radius 1 is 1.40 bits per heavy atom. The van der Waals surface area contributed by atoms with Crippen LogP contribution in [0.4, 0.5) is 0 Å². The zero-order valence-corrected chi connectivity index (χ0v) is 13.4. The Morgan fingerprint density at radius 3 is 2.95 bits per heavy atom. The van der Waals surface area contributed by atoms with Gasteiger partial charge in [-0.2, -0.15) is 0 Å². The number of nitrogens with one attached hydrogen (secondary N) is 1. The second kappa shape index (κ2) is 7.25. The quantitative estimate of drug-likeness (QED) is 0.896. The van der Waals surface area contributed by atoms with Gasteiger partial charge in [-0.25, -0.2) is 0 Å². The second-order valence-corrected chi connectivity index (χ2v) is 6.34. The lowest BCUT2D eigenvalue weighted by Crippen LogP contribution is -2.37. The van der Waals surface area contributed by atoms with Gasteiger partial charge >= 0.3 is 0 Å². The van der Waals surface area contributed by atoms with Crippen molar-refractivity contribution in [3.63, 3.8) is 0 Å². The minimum atomic E-state index is 0.485. The predicted molar refractivity (Wildman–Crippen MR) is 82.7 cm³/mol. The van der Waals surface area contributed by atoms with Gasteiger partial charge in [0.1, 0.15) is 5.76 Å². The van der Waals surface area contributed by atoms with E-state index in [1.807, 2.05) is 6.26 Å². The molecule has 2 heterocycles. The first-order valence-corrected chi connectivity index (χ1v) is 7.77. The van der Waals surface area contributed by atoms with Crippen LogP contribution in [0, 0.1) is 0 Å². The first kappa shape index (κ1) is 15.5. The molecule has 0 aliphatic carbocycles. The number of nitrogens with zero attached hydrogens (tertiary/aromatic N) is 2. The van der Waals surface area contributed by atoms with Crippen molar-refractivity contribution in [1.29, 1.82) is 0 Å². The number of furan rings is 1. The van der Waals surface area contributed by atoms with Gasteiger partial charge in [-0.15, -0.1) is 0 Å². The molecule has 1 fully saturated rings. The highest BCUT2D eigenvalue weighted by atomic mass is 16.3. The Labute approximate surface area is 123 Å². The van der Waals surface area contributed by atoms with Crippen molar-refractivity contribution in [2.24, 2.45) is 0 Å². The fraction of sp³-hybridized carbons (Fsp3) is 0.750. The molecule has 1 aromatic rings. The smallest absolute Gasteiger partial charge is 0.122 e. The van der Waals surface area contributed by atoms with Crippen LogP contribution in [0.15, 0.2) is 16.7 Å². The molecule has 2 rings (SSSR count). The van der Waals surface area contributed by atoms with Gasteiger partial charge in [-0.1, -0.05) is 13.8 Å². The third-order valence-corrected chi connectivity index (χ3v) is 4.07. The standard InChI is InChI=1S/C16H29N3O/c1-13(2)17-10-16-15(6-9-20-16)12-19-8-5-7-18(4)11-14(19)3/h6,9,13-14,17H,5,7-8,10-12H2,1-4H3. The highest BCUT2D eigenvalue weighted by Crippen LogP contribution is 2.17. The third-order valence-electron chi connectivity index (χ3n) is 4.07. The van der Waals surface area contributed by atoms with E-state index in [-0.39, 0.29) is 0 Å². The predicted octanol–water partition coefficient (Wildman–Crippen LogP) is 2.30. The Hall–Kier alpha value is -0.840. The lowest BCUT2D eigenvalue weighted by molar-refractivity contribution is 0.193. The van der Waals surface area contributed by atoms with Crippen molar-refractivity contribution in [2.75, 3.05) is 26.7 Å². The Balaban J connectivity index is 1.96. The van der Waals surface area contributed by atoms with Crippen LogP contribution in [0.3, 0.4) is 0 Å². The summed E-state index contributed by atoms with van der Waals surface area (Å²) in [5.41, 5.74) is 1.33. The molecular weight excluding hydrogens is 250 g/mol. The highest BCUT2D eigenvalue weighted by Gasteiger charge is 2.21. The molecule has 1 aliphatic heterocycles. The molecule has 0 spiro atoms. The highest BCUT2D eigenvalue weighted by molar-refractivity contribution is 5.17. The molecule has 0 radical (unpaired) electrons. The van der Waals surface area contributed by atoms with Gasteiger partial charge in [0.25, 0.3) is 0 Å². The molecule has 1 N–H and O–H groups in total.